The molecule has 1 aliphatic carbocycles. The molecule has 8 nitrogen and oxygen atoms in total. The number of fused-ring (bicyclic) bond motifs is 1. The van der Waals surface area contributed by atoms with Gasteiger partial charge in [-0.25, -0.2) is 14.8 Å². The Bertz CT molecular complexity index is 1280. The van der Waals surface area contributed by atoms with Crippen LogP contribution in [0, 0.1) is 0 Å². The average Bonchev–Trinajstić information content (AvgIpc) is 3.11. The van der Waals surface area contributed by atoms with Crippen molar-refractivity contribution >= 4 is 28.8 Å². The van der Waals surface area contributed by atoms with Gasteiger partial charge in [-0.15, -0.1) is 0 Å². The van der Waals surface area contributed by atoms with E-state index in [1.54, 1.807) is 12.3 Å². The summed E-state index contributed by atoms with van der Waals surface area (Å²) < 4.78 is 5.54. The van der Waals surface area contributed by atoms with Crippen LogP contribution in [0.15, 0.2) is 69.5 Å². The molecular formula is C24H24N6O2. The maximum Gasteiger partial charge on any atom is 0.318 e. The molecule has 0 radical (unpaired) electrons. The molecule has 32 heavy (non-hydrogen) atoms. The molecule has 1 saturated carbocycles. The SMILES string of the molecule is CC1(C)C2=C(CN1C(=O)N[C@H]1C[C@@H]1c1ccccc1)C(Nc1ncnc3ccoc13)=NC2. The highest BCUT2D eigenvalue weighted by Crippen LogP contribution is 2.42. The number of nitrogens with zero attached hydrogens (tertiary/aromatic N) is 4. The van der Waals surface area contributed by atoms with Crippen molar-refractivity contribution in [2.24, 2.45) is 4.99 Å². The number of nitrogens with one attached hydrogen (secondary N) is 2. The lowest BCUT2D eigenvalue weighted by Crippen LogP contribution is -2.51. The molecule has 8 heteroatoms. The van der Waals surface area contributed by atoms with Crippen molar-refractivity contribution in [3.8, 4) is 0 Å². The van der Waals surface area contributed by atoms with E-state index in [0.29, 0.717) is 30.4 Å². The number of amidine groups is 1. The smallest absolute Gasteiger partial charge is 0.318 e. The zero-order valence-electron chi connectivity index (χ0n) is 18.0. The fraction of sp³-hybridized carbons (Fsp3) is 0.333. The van der Waals surface area contributed by atoms with Crippen LogP contribution >= 0.6 is 0 Å². The topological polar surface area (TPSA) is 95.7 Å². The zero-order valence-corrected chi connectivity index (χ0v) is 18.0. The van der Waals surface area contributed by atoms with Gasteiger partial charge in [-0.1, -0.05) is 30.3 Å². The van der Waals surface area contributed by atoms with Crippen LogP contribution in [0.25, 0.3) is 11.1 Å². The Labute approximate surface area is 185 Å². The summed E-state index contributed by atoms with van der Waals surface area (Å²) in [4.78, 5) is 28.3. The fourth-order valence-corrected chi connectivity index (χ4v) is 4.83. The number of furan rings is 1. The van der Waals surface area contributed by atoms with Crippen molar-refractivity contribution in [1.82, 2.24) is 20.2 Å². The minimum absolute atomic E-state index is 0.0253. The molecule has 1 aromatic carbocycles. The van der Waals surface area contributed by atoms with Crippen LogP contribution < -0.4 is 10.6 Å². The monoisotopic (exact) mass is 428 g/mol. The van der Waals surface area contributed by atoms with E-state index in [2.05, 4.69) is 46.6 Å². The molecule has 1 fully saturated rings. The van der Waals surface area contributed by atoms with Crippen molar-refractivity contribution in [2.75, 3.05) is 18.4 Å². The minimum Gasteiger partial charge on any atom is -0.459 e. The second-order valence-electron chi connectivity index (χ2n) is 9.06. The van der Waals surface area contributed by atoms with Crippen LogP contribution in [-0.4, -0.2) is 51.4 Å². The summed E-state index contributed by atoms with van der Waals surface area (Å²) >= 11 is 0. The van der Waals surface area contributed by atoms with E-state index in [-0.39, 0.29) is 12.1 Å². The van der Waals surface area contributed by atoms with Gasteiger partial charge in [-0.2, -0.15) is 0 Å². The molecule has 2 amide bonds. The lowest BCUT2D eigenvalue weighted by Gasteiger charge is -2.34. The Morgan fingerprint density at radius 1 is 1.19 bits per heavy atom. The van der Waals surface area contributed by atoms with E-state index in [1.165, 1.54) is 11.9 Å². The molecule has 3 aliphatic rings. The summed E-state index contributed by atoms with van der Waals surface area (Å²) in [5.41, 5.74) is 4.42. The number of rotatable bonds is 3. The molecule has 2 aliphatic heterocycles. The van der Waals surface area contributed by atoms with Crippen LogP contribution in [-0.2, 0) is 0 Å². The van der Waals surface area contributed by atoms with Crippen molar-refractivity contribution in [3.05, 3.63) is 65.7 Å². The van der Waals surface area contributed by atoms with Gasteiger partial charge >= 0.3 is 6.03 Å². The van der Waals surface area contributed by atoms with Crippen LogP contribution in [0.1, 0.15) is 31.7 Å². The number of amides is 2. The Balaban J connectivity index is 1.17. The molecule has 4 heterocycles. The molecular weight excluding hydrogens is 404 g/mol. The highest BCUT2D eigenvalue weighted by molar-refractivity contribution is 6.13. The summed E-state index contributed by atoms with van der Waals surface area (Å²) in [5, 5.41) is 6.55. The molecule has 0 unspecified atom stereocenters. The van der Waals surface area contributed by atoms with Crippen molar-refractivity contribution < 1.29 is 9.21 Å². The second kappa shape index (κ2) is 6.91. The first-order valence-electron chi connectivity index (χ1n) is 10.9. The number of carbonyl (C=O) groups is 1. The predicted octanol–water partition coefficient (Wildman–Crippen LogP) is 3.70. The molecule has 0 bridgehead atoms. The van der Waals surface area contributed by atoms with E-state index < -0.39 is 5.54 Å². The highest BCUT2D eigenvalue weighted by atomic mass is 16.3. The number of anilines is 1. The predicted molar refractivity (Wildman–Crippen MR) is 122 cm³/mol. The maximum atomic E-state index is 13.2. The molecule has 0 spiro atoms. The van der Waals surface area contributed by atoms with Crippen LogP contribution in [0.4, 0.5) is 10.6 Å². The molecule has 0 saturated heterocycles. The van der Waals surface area contributed by atoms with Crippen LogP contribution in [0.5, 0.6) is 0 Å². The molecule has 3 aromatic rings. The van der Waals surface area contributed by atoms with Crippen molar-refractivity contribution in [2.45, 2.75) is 37.8 Å². The van der Waals surface area contributed by atoms with Crippen LogP contribution in [0.3, 0.4) is 0 Å². The van der Waals surface area contributed by atoms with E-state index in [0.717, 1.165) is 28.9 Å². The highest BCUT2D eigenvalue weighted by Gasteiger charge is 2.47. The number of carbonyl (C=O) groups excluding carboxylic acids is 1. The Morgan fingerprint density at radius 3 is 2.88 bits per heavy atom. The van der Waals surface area contributed by atoms with Gasteiger partial charge in [-0.3, -0.25) is 4.99 Å². The number of aromatic nitrogens is 2. The molecule has 6 rings (SSSR count). The van der Waals surface area contributed by atoms with Gasteiger partial charge in [0.15, 0.2) is 11.4 Å². The average molecular weight is 428 g/mol. The first kappa shape index (κ1) is 19.0. The number of benzene rings is 1. The summed E-state index contributed by atoms with van der Waals surface area (Å²) in [6, 6.07) is 12.3. The minimum atomic E-state index is -0.408. The molecule has 2 atom stereocenters. The standard InChI is InChI=1S/C24H24N6O2/c1-24(2)17-11-25-21(29-22-20-18(8-9-32-20)26-13-27-22)16(17)12-30(24)23(31)28-19-10-15(19)14-6-4-3-5-7-14/h3-9,13,15,19H,10-12H2,1-2H3,(H,28,31)(H,25,26,27,29)/t15-,19+/m1/s1. The summed E-state index contributed by atoms with van der Waals surface area (Å²) in [6.45, 7) is 5.25. The lowest BCUT2D eigenvalue weighted by atomic mass is 9.94. The van der Waals surface area contributed by atoms with Gasteiger partial charge in [0.05, 0.1) is 24.9 Å². The van der Waals surface area contributed by atoms with E-state index >= 15 is 0 Å². The second-order valence-corrected chi connectivity index (χ2v) is 9.06. The van der Waals surface area contributed by atoms with Gasteiger partial charge in [-0.05, 0) is 31.4 Å². The van der Waals surface area contributed by atoms with Gasteiger partial charge in [0.2, 0.25) is 0 Å². The maximum absolute atomic E-state index is 13.2. The summed E-state index contributed by atoms with van der Waals surface area (Å²) in [6.07, 6.45) is 4.08. The summed E-state index contributed by atoms with van der Waals surface area (Å²) in [5.74, 6) is 1.73. The quantitative estimate of drug-likeness (QED) is 0.663. The van der Waals surface area contributed by atoms with E-state index in [4.69, 9.17) is 9.41 Å². The number of hydrogen-bond donors (Lipinski definition) is 2. The molecule has 2 N–H and O–H groups in total. The Morgan fingerprint density at radius 2 is 2.03 bits per heavy atom. The van der Waals surface area contributed by atoms with Crippen molar-refractivity contribution in [1.29, 1.82) is 0 Å². The lowest BCUT2D eigenvalue weighted by molar-refractivity contribution is 0.170. The Hall–Kier alpha value is -3.68. The number of hydrogen-bond acceptors (Lipinski definition) is 6. The molecule has 2 aromatic heterocycles. The third kappa shape index (κ3) is 2.97. The molecule has 162 valence electrons. The summed E-state index contributed by atoms with van der Waals surface area (Å²) in [7, 11) is 0. The number of urea groups is 1. The van der Waals surface area contributed by atoms with Crippen molar-refractivity contribution in [3.63, 3.8) is 0 Å². The van der Waals surface area contributed by atoms with Gasteiger partial charge in [0.25, 0.3) is 0 Å². The largest absolute Gasteiger partial charge is 0.459 e. The third-order valence-electron chi connectivity index (χ3n) is 6.83. The normalized spacial score (nSPS) is 23.3. The van der Waals surface area contributed by atoms with Gasteiger partial charge in [0.1, 0.15) is 17.7 Å². The van der Waals surface area contributed by atoms with Crippen LogP contribution in [0.2, 0.25) is 0 Å². The van der Waals surface area contributed by atoms with Gasteiger partial charge < -0.3 is 20.0 Å². The Kier molecular flexibility index (Phi) is 4.11. The van der Waals surface area contributed by atoms with Gasteiger partial charge in [0, 0.05) is 23.6 Å². The first-order chi connectivity index (χ1) is 15.5. The third-order valence-corrected chi connectivity index (χ3v) is 6.83. The number of aliphatic imine (C=N–C) groups is 1. The fourth-order valence-electron chi connectivity index (χ4n) is 4.83. The first-order valence-corrected chi connectivity index (χ1v) is 10.9. The van der Waals surface area contributed by atoms with E-state index in [1.807, 2.05) is 23.1 Å². The van der Waals surface area contributed by atoms with E-state index in [9.17, 15) is 4.79 Å². The zero-order chi connectivity index (χ0) is 21.9.